The molecule has 1 aromatic heterocycles. The number of amides is 1. The number of hydrogen-bond acceptors (Lipinski definition) is 4. The highest BCUT2D eigenvalue weighted by Gasteiger charge is 2.18. The predicted molar refractivity (Wildman–Crippen MR) is 105 cm³/mol. The number of rotatable bonds is 6. The predicted octanol–water partition coefficient (Wildman–Crippen LogP) is 4.49. The van der Waals surface area contributed by atoms with Crippen molar-refractivity contribution >= 4 is 33.1 Å². The van der Waals surface area contributed by atoms with Crippen LogP contribution in [0.3, 0.4) is 0 Å². The Morgan fingerprint density at radius 2 is 1.92 bits per heavy atom. The monoisotopic (exact) mass is 353 g/mol. The number of likely N-dealkylation sites (N-methyl/N-ethyl adjacent to an activating group) is 1. The summed E-state index contributed by atoms with van der Waals surface area (Å²) in [6.07, 6.45) is 0.897. The van der Waals surface area contributed by atoms with Gasteiger partial charge in [-0.05, 0) is 44.2 Å². The fourth-order valence-electron chi connectivity index (χ4n) is 2.76. The van der Waals surface area contributed by atoms with Gasteiger partial charge in [0.25, 0.3) is 0 Å². The van der Waals surface area contributed by atoms with Crippen LogP contribution in [0.1, 0.15) is 30.5 Å². The van der Waals surface area contributed by atoms with E-state index in [1.165, 1.54) is 4.70 Å². The van der Waals surface area contributed by atoms with Crippen molar-refractivity contribution in [2.45, 2.75) is 26.3 Å². The molecule has 25 heavy (non-hydrogen) atoms. The summed E-state index contributed by atoms with van der Waals surface area (Å²) in [6.45, 7) is 4.51. The smallest absolute Gasteiger partial charge is 0.238 e. The molecule has 1 N–H and O–H groups in total. The summed E-state index contributed by atoms with van der Waals surface area (Å²) in [6, 6.07) is 16.2. The van der Waals surface area contributed by atoms with Crippen LogP contribution < -0.4 is 5.32 Å². The number of nitrogens with one attached hydrogen (secondary N) is 1. The molecule has 1 amide bonds. The van der Waals surface area contributed by atoms with Gasteiger partial charge in [0.15, 0.2) is 0 Å². The number of fused-ring (bicyclic) bond motifs is 1. The Bertz CT molecular complexity index is 841. The summed E-state index contributed by atoms with van der Waals surface area (Å²) >= 11 is 1.69. The molecule has 0 radical (unpaired) electrons. The third-order valence-electron chi connectivity index (χ3n) is 4.39. The number of thiazole rings is 1. The van der Waals surface area contributed by atoms with Crippen LogP contribution in [0.25, 0.3) is 10.2 Å². The molecule has 0 aliphatic carbocycles. The van der Waals surface area contributed by atoms with E-state index in [4.69, 9.17) is 4.98 Å². The number of anilines is 1. The lowest BCUT2D eigenvalue weighted by Crippen LogP contribution is -2.32. The van der Waals surface area contributed by atoms with Crippen LogP contribution in [0.2, 0.25) is 0 Å². The van der Waals surface area contributed by atoms with Gasteiger partial charge < -0.3 is 5.32 Å². The summed E-state index contributed by atoms with van der Waals surface area (Å²) in [5, 5.41) is 4.06. The van der Waals surface area contributed by atoms with Crippen molar-refractivity contribution in [3.63, 3.8) is 0 Å². The molecule has 0 unspecified atom stereocenters. The molecular formula is C20H23N3OS. The standard InChI is InChI=1S/C20H23N3OS/c1-4-15-9-5-6-10-16(15)21-19(24)13-23(3)14(2)20-22-17-11-7-8-12-18(17)25-20/h5-12,14H,4,13H2,1-3H3,(H,21,24)/t14-/m1/s1. The van der Waals surface area contributed by atoms with E-state index in [1.807, 2.05) is 54.4 Å². The molecule has 0 bridgehead atoms. The molecule has 1 heterocycles. The van der Waals surface area contributed by atoms with E-state index in [9.17, 15) is 4.79 Å². The van der Waals surface area contributed by atoms with E-state index in [0.29, 0.717) is 6.54 Å². The lowest BCUT2D eigenvalue weighted by Gasteiger charge is -2.22. The van der Waals surface area contributed by atoms with Gasteiger partial charge in [0.1, 0.15) is 5.01 Å². The van der Waals surface area contributed by atoms with E-state index in [1.54, 1.807) is 11.3 Å². The first-order chi connectivity index (χ1) is 12.1. The number of para-hydroxylation sites is 2. The Balaban J connectivity index is 1.66. The second-order valence-electron chi connectivity index (χ2n) is 6.17. The Morgan fingerprint density at radius 1 is 1.20 bits per heavy atom. The highest BCUT2D eigenvalue weighted by atomic mass is 32.1. The molecule has 5 heteroatoms. The van der Waals surface area contributed by atoms with Crippen molar-refractivity contribution in [3.8, 4) is 0 Å². The van der Waals surface area contributed by atoms with Crippen molar-refractivity contribution < 1.29 is 4.79 Å². The number of carbonyl (C=O) groups is 1. The molecule has 1 atom stereocenters. The summed E-state index contributed by atoms with van der Waals surface area (Å²) in [7, 11) is 1.96. The number of aromatic nitrogens is 1. The van der Waals surface area contributed by atoms with Crippen molar-refractivity contribution in [2.75, 3.05) is 18.9 Å². The highest BCUT2D eigenvalue weighted by molar-refractivity contribution is 7.18. The number of aryl methyl sites for hydroxylation is 1. The first-order valence-electron chi connectivity index (χ1n) is 8.52. The van der Waals surface area contributed by atoms with Gasteiger partial charge in [-0.1, -0.05) is 37.3 Å². The molecule has 0 saturated carbocycles. The second kappa shape index (κ2) is 7.76. The van der Waals surface area contributed by atoms with Gasteiger partial charge in [-0.3, -0.25) is 9.69 Å². The van der Waals surface area contributed by atoms with Crippen molar-refractivity contribution in [2.24, 2.45) is 0 Å². The van der Waals surface area contributed by atoms with Crippen LogP contribution in [0.5, 0.6) is 0 Å². The maximum absolute atomic E-state index is 12.4. The summed E-state index contributed by atoms with van der Waals surface area (Å²) in [5.41, 5.74) is 3.07. The van der Waals surface area contributed by atoms with Crippen molar-refractivity contribution in [1.29, 1.82) is 0 Å². The third kappa shape index (κ3) is 4.06. The van der Waals surface area contributed by atoms with Crippen LogP contribution in [0, 0.1) is 0 Å². The Kier molecular flexibility index (Phi) is 5.46. The second-order valence-corrected chi connectivity index (χ2v) is 7.23. The Labute approximate surface area is 152 Å². The van der Waals surface area contributed by atoms with Crippen LogP contribution in [0.4, 0.5) is 5.69 Å². The molecule has 0 fully saturated rings. The molecule has 0 saturated heterocycles. The van der Waals surface area contributed by atoms with Gasteiger partial charge in [-0.2, -0.15) is 0 Å². The van der Waals surface area contributed by atoms with Crippen molar-refractivity contribution in [3.05, 3.63) is 59.1 Å². The topological polar surface area (TPSA) is 45.2 Å². The molecule has 0 spiro atoms. The zero-order chi connectivity index (χ0) is 17.8. The minimum atomic E-state index is -0.00337. The largest absolute Gasteiger partial charge is 0.325 e. The molecule has 0 aliphatic heterocycles. The summed E-state index contributed by atoms with van der Waals surface area (Å²) in [5.74, 6) is -0.00337. The summed E-state index contributed by atoms with van der Waals surface area (Å²) in [4.78, 5) is 19.2. The van der Waals surface area contributed by atoms with Crippen molar-refractivity contribution in [1.82, 2.24) is 9.88 Å². The molecular weight excluding hydrogens is 330 g/mol. The molecule has 0 aliphatic rings. The van der Waals surface area contributed by atoms with E-state index in [2.05, 4.69) is 25.2 Å². The first kappa shape index (κ1) is 17.6. The van der Waals surface area contributed by atoms with E-state index in [-0.39, 0.29) is 11.9 Å². The summed E-state index contributed by atoms with van der Waals surface area (Å²) < 4.78 is 1.18. The van der Waals surface area contributed by atoms with Gasteiger partial charge >= 0.3 is 0 Å². The number of carbonyl (C=O) groups excluding carboxylic acids is 1. The zero-order valence-electron chi connectivity index (χ0n) is 14.8. The van der Waals surface area contributed by atoms with Gasteiger partial charge in [-0.25, -0.2) is 4.98 Å². The maximum Gasteiger partial charge on any atom is 0.238 e. The molecule has 3 rings (SSSR count). The minimum absolute atomic E-state index is 0.00337. The number of nitrogens with zero attached hydrogens (tertiary/aromatic N) is 2. The van der Waals surface area contributed by atoms with Crippen LogP contribution in [-0.4, -0.2) is 29.4 Å². The Morgan fingerprint density at radius 3 is 2.68 bits per heavy atom. The van der Waals surface area contributed by atoms with E-state index >= 15 is 0 Å². The Hall–Kier alpha value is -2.24. The van der Waals surface area contributed by atoms with E-state index in [0.717, 1.165) is 28.2 Å². The third-order valence-corrected chi connectivity index (χ3v) is 5.60. The van der Waals surface area contributed by atoms with E-state index < -0.39 is 0 Å². The number of benzene rings is 2. The lowest BCUT2D eigenvalue weighted by atomic mass is 10.1. The van der Waals surface area contributed by atoms with Crippen LogP contribution >= 0.6 is 11.3 Å². The maximum atomic E-state index is 12.4. The van der Waals surface area contributed by atoms with Gasteiger partial charge in [0, 0.05) is 5.69 Å². The quantitative estimate of drug-likeness (QED) is 0.710. The molecule has 3 aromatic rings. The zero-order valence-corrected chi connectivity index (χ0v) is 15.6. The minimum Gasteiger partial charge on any atom is -0.325 e. The van der Waals surface area contributed by atoms with Gasteiger partial charge in [0.2, 0.25) is 5.91 Å². The molecule has 130 valence electrons. The highest BCUT2D eigenvalue weighted by Crippen LogP contribution is 2.28. The normalized spacial score (nSPS) is 12.5. The average Bonchev–Trinajstić information content (AvgIpc) is 3.05. The average molecular weight is 353 g/mol. The fraction of sp³-hybridized carbons (Fsp3) is 0.300. The van der Waals surface area contributed by atoms with Crippen LogP contribution in [-0.2, 0) is 11.2 Å². The number of hydrogen-bond donors (Lipinski definition) is 1. The lowest BCUT2D eigenvalue weighted by molar-refractivity contribution is -0.117. The van der Waals surface area contributed by atoms with Gasteiger partial charge in [0.05, 0.1) is 22.8 Å². The first-order valence-corrected chi connectivity index (χ1v) is 9.33. The molecule has 4 nitrogen and oxygen atoms in total. The van der Waals surface area contributed by atoms with Gasteiger partial charge in [-0.15, -0.1) is 11.3 Å². The SMILES string of the molecule is CCc1ccccc1NC(=O)CN(C)[C@H](C)c1nc2ccccc2s1. The molecule has 2 aromatic carbocycles. The fourth-order valence-corrected chi connectivity index (χ4v) is 3.85. The van der Waals surface area contributed by atoms with Crippen LogP contribution in [0.15, 0.2) is 48.5 Å².